The van der Waals surface area contributed by atoms with Crippen LogP contribution in [0.25, 0.3) is 0 Å². The smallest absolute Gasteiger partial charge is 0.323 e. The molecular weight excluding hydrogens is 230 g/mol. The molecule has 5 heteroatoms. The fourth-order valence-corrected chi connectivity index (χ4v) is 2.24. The molecule has 2 N–H and O–H groups in total. The predicted octanol–water partition coefficient (Wildman–Crippen LogP) is 1.40. The van der Waals surface area contributed by atoms with Crippen LogP contribution in [0, 0.1) is 5.92 Å². The molecule has 1 aromatic rings. The van der Waals surface area contributed by atoms with Crippen LogP contribution in [0.4, 0.5) is 0 Å². The molecule has 2 unspecified atom stereocenters. The maximum Gasteiger partial charge on any atom is 0.323 e. The average molecular weight is 251 g/mol. The van der Waals surface area contributed by atoms with Crippen LogP contribution >= 0.6 is 0 Å². The highest BCUT2D eigenvalue weighted by Gasteiger charge is 2.27. The monoisotopic (exact) mass is 251 g/mol. The zero-order chi connectivity index (χ0) is 13.0. The van der Waals surface area contributed by atoms with E-state index in [1.807, 2.05) is 0 Å². The summed E-state index contributed by atoms with van der Waals surface area (Å²) >= 11 is 0. The third-order valence-electron chi connectivity index (χ3n) is 3.31. The summed E-state index contributed by atoms with van der Waals surface area (Å²) in [6.45, 7) is 5.41. The van der Waals surface area contributed by atoms with E-state index in [-0.39, 0.29) is 12.0 Å². The first-order chi connectivity index (χ1) is 8.70. The molecule has 0 amide bonds. The van der Waals surface area contributed by atoms with Crippen molar-refractivity contribution in [1.29, 1.82) is 0 Å². The Bertz CT molecular complexity index is 403. The second kappa shape index (κ2) is 6.00. The Morgan fingerprint density at radius 2 is 2.50 bits per heavy atom. The Morgan fingerprint density at radius 3 is 3.28 bits per heavy atom. The van der Waals surface area contributed by atoms with Crippen LogP contribution < -0.4 is 5.32 Å². The number of esters is 1. The molecule has 2 heterocycles. The van der Waals surface area contributed by atoms with Gasteiger partial charge in [-0.05, 0) is 12.3 Å². The fourth-order valence-electron chi connectivity index (χ4n) is 2.24. The lowest BCUT2D eigenvalue weighted by Gasteiger charge is -2.22. The van der Waals surface area contributed by atoms with Gasteiger partial charge in [0.1, 0.15) is 6.04 Å². The first-order valence-electron chi connectivity index (χ1n) is 6.61. The van der Waals surface area contributed by atoms with Crippen molar-refractivity contribution >= 4 is 5.97 Å². The molecule has 1 aliphatic rings. The van der Waals surface area contributed by atoms with Gasteiger partial charge in [0.25, 0.3) is 0 Å². The molecule has 2 rings (SSSR count). The Balaban J connectivity index is 1.80. The Kier molecular flexibility index (Phi) is 4.36. The topological polar surface area (TPSA) is 67.0 Å². The van der Waals surface area contributed by atoms with E-state index < -0.39 is 0 Å². The van der Waals surface area contributed by atoms with Gasteiger partial charge in [-0.25, -0.2) is 4.98 Å². The number of nitrogens with one attached hydrogen (secondary N) is 2. The number of hydrogen-bond donors (Lipinski definition) is 2. The molecule has 0 saturated carbocycles. The normalized spacial score (nSPS) is 20.2. The van der Waals surface area contributed by atoms with Crippen LogP contribution in [0.15, 0.2) is 6.33 Å². The van der Waals surface area contributed by atoms with E-state index in [1.165, 1.54) is 0 Å². The van der Waals surface area contributed by atoms with Crippen molar-refractivity contribution in [3.8, 4) is 0 Å². The molecule has 100 valence electrons. The molecule has 0 fully saturated rings. The van der Waals surface area contributed by atoms with Crippen molar-refractivity contribution < 1.29 is 9.53 Å². The van der Waals surface area contributed by atoms with Crippen LogP contribution in [0.3, 0.4) is 0 Å². The van der Waals surface area contributed by atoms with Crippen molar-refractivity contribution in [3.05, 3.63) is 17.7 Å². The number of fused-ring (bicyclic) bond motifs is 1. The lowest BCUT2D eigenvalue weighted by atomic mass is 10.1. The van der Waals surface area contributed by atoms with Gasteiger partial charge >= 0.3 is 5.97 Å². The van der Waals surface area contributed by atoms with E-state index in [9.17, 15) is 4.79 Å². The lowest BCUT2D eigenvalue weighted by Crippen LogP contribution is -2.43. The van der Waals surface area contributed by atoms with Crippen molar-refractivity contribution in [2.24, 2.45) is 5.92 Å². The van der Waals surface area contributed by atoms with Crippen LogP contribution in [0.2, 0.25) is 0 Å². The van der Waals surface area contributed by atoms with Crippen molar-refractivity contribution in [2.45, 2.75) is 45.7 Å². The minimum absolute atomic E-state index is 0.161. The van der Waals surface area contributed by atoms with Crippen LogP contribution in [-0.4, -0.2) is 28.6 Å². The highest BCUT2D eigenvalue weighted by molar-refractivity contribution is 5.76. The first-order valence-corrected chi connectivity index (χ1v) is 6.61. The van der Waals surface area contributed by atoms with Gasteiger partial charge in [0, 0.05) is 13.0 Å². The van der Waals surface area contributed by atoms with Crippen LogP contribution in [-0.2, 0) is 22.5 Å². The van der Waals surface area contributed by atoms with E-state index in [0.29, 0.717) is 25.5 Å². The number of carbonyl (C=O) groups is 1. The second-order valence-corrected chi connectivity index (χ2v) is 4.99. The molecule has 2 atom stereocenters. The molecule has 18 heavy (non-hydrogen) atoms. The number of hydrogen-bond acceptors (Lipinski definition) is 4. The summed E-state index contributed by atoms with van der Waals surface area (Å²) in [5.41, 5.74) is 2.04. The predicted molar refractivity (Wildman–Crippen MR) is 68.0 cm³/mol. The van der Waals surface area contributed by atoms with E-state index in [4.69, 9.17) is 4.74 Å². The van der Waals surface area contributed by atoms with Gasteiger partial charge in [0.05, 0.1) is 24.3 Å². The van der Waals surface area contributed by atoms with Crippen molar-refractivity contribution in [1.82, 2.24) is 15.3 Å². The van der Waals surface area contributed by atoms with Gasteiger partial charge in [-0.1, -0.05) is 20.3 Å². The van der Waals surface area contributed by atoms with Crippen LogP contribution in [0.1, 0.15) is 38.1 Å². The third kappa shape index (κ3) is 3.10. The number of imidazole rings is 1. The molecule has 1 aliphatic heterocycles. The number of carbonyl (C=O) groups excluding carboxylic acids is 1. The van der Waals surface area contributed by atoms with Gasteiger partial charge in [0.2, 0.25) is 0 Å². The molecule has 0 bridgehead atoms. The summed E-state index contributed by atoms with van der Waals surface area (Å²) in [5, 5.41) is 3.17. The lowest BCUT2D eigenvalue weighted by molar-refractivity contribution is -0.147. The molecule has 5 nitrogen and oxygen atoms in total. The Hall–Kier alpha value is -1.36. The largest absolute Gasteiger partial charge is 0.464 e. The molecule has 0 saturated heterocycles. The average Bonchev–Trinajstić information content (AvgIpc) is 2.83. The van der Waals surface area contributed by atoms with Gasteiger partial charge < -0.3 is 9.72 Å². The number of aromatic amines is 1. The molecular formula is C13H21N3O2. The second-order valence-electron chi connectivity index (χ2n) is 4.99. The summed E-state index contributed by atoms with van der Waals surface area (Å²) < 4.78 is 5.35. The molecule has 1 aromatic heterocycles. The maximum atomic E-state index is 11.9. The fraction of sp³-hybridized carbons (Fsp3) is 0.692. The van der Waals surface area contributed by atoms with Crippen molar-refractivity contribution in [3.63, 3.8) is 0 Å². The Morgan fingerprint density at radius 1 is 1.67 bits per heavy atom. The zero-order valence-electron chi connectivity index (χ0n) is 11.0. The highest BCUT2D eigenvalue weighted by atomic mass is 16.5. The van der Waals surface area contributed by atoms with E-state index in [2.05, 4.69) is 29.1 Å². The molecule has 0 radical (unpaired) electrons. The van der Waals surface area contributed by atoms with Gasteiger partial charge in [0.15, 0.2) is 0 Å². The highest BCUT2D eigenvalue weighted by Crippen LogP contribution is 2.13. The molecule has 0 aromatic carbocycles. The number of H-pyrrole nitrogens is 1. The first kappa shape index (κ1) is 13.1. The number of nitrogens with zero attached hydrogens (tertiary/aromatic N) is 1. The summed E-state index contributed by atoms with van der Waals surface area (Å²) in [4.78, 5) is 19.2. The van der Waals surface area contributed by atoms with E-state index >= 15 is 0 Å². The summed E-state index contributed by atoms with van der Waals surface area (Å²) in [5.74, 6) is 0.273. The zero-order valence-corrected chi connectivity index (χ0v) is 11.0. The number of ether oxygens (including phenoxy) is 1. The maximum absolute atomic E-state index is 11.9. The summed E-state index contributed by atoms with van der Waals surface area (Å²) in [7, 11) is 0. The van der Waals surface area contributed by atoms with E-state index in [1.54, 1.807) is 6.33 Å². The standard InChI is InChI=1S/C13H21N3O2/c1-3-4-9(2)7-18-13(17)11-5-10-12(6-14-11)16-8-15-10/h8-9,11,14H,3-7H2,1-2H3,(H,15,16). The molecule has 0 aliphatic carbocycles. The Labute approximate surface area is 107 Å². The van der Waals surface area contributed by atoms with Gasteiger partial charge in [-0.15, -0.1) is 0 Å². The summed E-state index contributed by atoms with van der Waals surface area (Å²) in [6.07, 6.45) is 4.50. The SMILES string of the molecule is CCCC(C)COC(=O)C1Cc2nc[nH]c2CN1. The van der Waals surface area contributed by atoms with Gasteiger partial charge in [-0.3, -0.25) is 10.1 Å². The quantitative estimate of drug-likeness (QED) is 0.776. The van der Waals surface area contributed by atoms with Gasteiger partial charge in [-0.2, -0.15) is 0 Å². The number of aromatic nitrogens is 2. The minimum atomic E-state index is -0.255. The van der Waals surface area contributed by atoms with E-state index in [0.717, 1.165) is 24.2 Å². The molecule has 0 spiro atoms. The summed E-state index contributed by atoms with van der Waals surface area (Å²) in [6, 6.07) is -0.255. The minimum Gasteiger partial charge on any atom is -0.464 e. The third-order valence-corrected chi connectivity index (χ3v) is 3.31. The van der Waals surface area contributed by atoms with Crippen LogP contribution in [0.5, 0.6) is 0 Å². The van der Waals surface area contributed by atoms with Crippen molar-refractivity contribution in [2.75, 3.05) is 6.61 Å². The number of rotatable bonds is 5.